The minimum Gasteiger partial charge on any atom is -0.329 e. The number of nitrogens with one attached hydrogen (secondary N) is 1. The molecular weight excluding hydrogens is 184 g/mol. The molecule has 0 heterocycles. The molecule has 0 radical (unpaired) electrons. The van der Waals surface area contributed by atoms with Gasteiger partial charge in [-0.2, -0.15) is 0 Å². The molecule has 15 heavy (non-hydrogen) atoms. The summed E-state index contributed by atoms with van der Waals surface area (Å²) < 4.78 is 0. The average Bonchev–Trinajstić information content (AvgIpc) is 2.65. The van der Waals surface area contributed by atoms with Crippen molar-refractivity contribution in [2.45, 2.75) is 69.9 Å². The first-order valence-electron chi connectivity index (χ1n) is 6.72. The number of rotatable bonds is 3. The minimum atomic E-state index is 0.299. The van der Waals surface area contributed by atoms with Gasteiger partial charge in [-0.25, -0.2) is 0 Å². The highest BCUT2D eigenvalue weighted by Gasteiger charge is 2.34. The molecule has 3 N–H and O–H groups in total. The van der Waals surface area contributed by atoms with Crippen LogP contribution in [0.25, 0.3) is 0 Å². The zero-order valence-corrected chi connectivity index (χ0v) is 10.1. The monoisotopic (exact) mass is 210 g/mol. The van der Waals surface area contributed by atoms with Gasteiger partial charge in [-0.1, -0.05) is 26.2 Å². The fourth-order valence-corrected chi connectivity index (χ4v) is 3.41. The summed E-state index contributed by atoms with van der Waals surface area (Å²) in [6, 6.07) is 0.752. The standard InChI is InChI=1S/C13H26N2/c1-11-5-6-12(9-11)15-13(10-14)7-3-2-4-8-13/h11-12,15H,2-10,14H2,1H3. The molecule has 0 aromatic heterocycles. The molecule has 0 spiro atoms. The SMILES string of the molecule is CC1CCC(NC2(CN)CCCCC2)C1. The third-order valence-corrected chi connectivity index (χ3v) is 4.41. The van der Waals surface area contributed by atoms with Crippen molar-refractivity contribution >= 4 is 0 Å². The Kier molecular flexibility index (Phi) is 3.68. The third-order valence-electron chi connectivity index (χ3n) is 4.41. The lowest BCUT2D eigenvalue weighted by Crippen LogP contribution is -2.55. The van der Waals surface area contributed by atoms with Crippen molar-refractivity contribution in [3.05, 3.63) is 0 Å². The molecule has 0 saturated heterocycles. The Morgan fingerprint density at radius 1 is 1.20 bits per heavy atom. The van der Waals surface area contributed by atoms with Crippen LogP contribution < -0.4 is 11.1 Å². The van der Waals surface area contributed by atoms with Crippen LogP contribution >= 0.6 is 0 Å². The van der Waals surface area contributed by atoms with Gasteiger partial charge in [-0.05, 0) is 38.0 Å². The van der Waals surface area contributed by atoms with Crippen molar-refractivity contribution in [3.63, 3.8) is 0 Å². The van der Waals surface area contributed by atoms with Crippen molar-refractivity contribution in [1.29, 1.82) is 0 Å². The lowest BCUT2D eigenvalue weighted by molar-refractivity contribution is 0.212. The first-order chi connectivity index (χ1) is 7.24. The smallest absolute Gasteiger partial charge is 0.0306 e. The third kappa shape index (κ3) is 2.73. The molecule has 0 aromatic rings. The fourth-order valence-electron chi connectivity index (χ4n) is 3.41. The maximum atomic E-state index is 5.99. The summed E-state index contributed by atoms with van der Waals surface area (Å²) in [5.74, 6) is 0.918. The van der Waals surface area contributed by atoms with Crippen molar-refractivity contribution in [1.82, 2.24) is 5.32 Å². The summed E-state index contributed by atoms with van der Waals surface area (Å²) in [5, 5.41) is 3.89. The van der Waals surface area contributed by atoms with Crippen molar-refractivity contribution < 1.29 is 0 Å². The minimum absolute atomic E-state index is 0.299. The summed E-state index contributed by atoms with van der Waals surface area (Å²) in [7, 11) is 0. The molecule has 88 valence electrons. The van der Waals surface area contributed by atoms with Gasteiger partial charge in [0.25, 0.3) is 0 Å². The summed E-state index contributed by atoms with van der Waals surface area (Å²) in [5.41, 5.74) is 6.29. The zero-order chi connectivity index (χ0) is 10.7. The van der Waals surface area contributed by atoms with E-state index in [4.69, 9.17) is 5.73 Å². The summed E-state index contributed by atoms with van der Waals surface area (Å²) in [6.07, 6.45) is 10.9. The highest BCUT2D eigenvalue weighted by atomic mass is 15.0. The molecule has 0 aliphatic heterocycles. The van der Waals surface area contributed by atoms with Crippen molar-refractivity contribution in [2.24, 2.45) is 11.7 Å². The molecule has 2 aliphatic carbocycles. The Balaban J connectivity index is 1.89. The second kappa shape index (κ2) is 4.84. The second-order valence-corrected chi connectivity index (χ2v) is 5.80. The van der Waals surface area contributed by atoms with Crippen LogP contribution in [-0.2, 0) is 0 Å². The van der Waals surface area contributed by atoms with E-state index >= 15 is 0 Å². The second-order valence-electron chi connectivity index (χ2n) is 5.80. The van der Waals surface area contributed by atoms with Gasteiger partial charge in [-0.3, -0.25) is 0 Å². The van der Waals surface area contributed by atoms with Gasteiger partial charge in [0, 0.05) is 18.1 Å². The van der Waals surface area contributed by atoms with Gasteiger partial charge in [0.15, 0.2) is 0 Å². The number of nitrogens with two attached hydrogens (primary N) is 1. The Hall–Kier alpha value is -0.0800. The molecule has 2 fully saturated rings. The van der Waals surface area contributed by atoms with Crippen molar-refractivity contribution in [2.75, 3.05) is 6.54 Å². The maximum absolute atomic E-state index is 5.99. The lowest BCUT2D eigenvalue weighted by atomic mass is 9.81. The number of hydrogen-bond donors (Lipinski definition) is 2. The van der Waals surface area contributed by atoms with E-state index in [2.05, 4.69) is 12.2 Å². The topological polar surface area (TPSA) is 38.0 Å². The quantitative estimate of drug-likeness (QED) is 0.751. The van der Waals surface area contributed by atoms with E-state index in [9.17, 15) is 0 Å². The van der Waals surface area contributed by atoms with E-state index in [0.717, 1.165) is 18.5 Å². The first-order valence-corrected chi connectivity index (χ1v) is 6.72. The Bertz CT molecular complexity index is 197. The average molecular weight is 210 g/mol. The van der Waals surface area contributed by atoms with Gasteiger partial charge in [-0.15, -0.1) is 0 Å². The summed E-state index contributed by atoms with van der Waals surface area (Å²) in [6.45, 7) is 3.20. The normalized spacial score (nSPS) is 35.6. The molecular formula is C13H26N2. The molecule has 2 heteroatoms. The zero-order valence-electron chi connectivity index (χ0n) is 10.1. The predicted octanol–water partition coefficient (Wildman–Crippen LogP) is 2.43. The largest absolute Gasteiger partial charge is 0.329 e. The highest BCUT2D eigenvalue weighted by Crippen LogP contribution is 2.32. The van der Waals surface area contributed by atoms with Gasteiger partial charge in [0.2, 0.25) is 0 Å². The Morgan fingerprint density at radius 3 is 2.47 bits per heavy atom. The van der Waals surface area contributed by atoms with E-state index in [0.29, 0.717) is 5.54 Å². The van der Waals surface area contributed by atoms with Crippen LogP contribution in [0, 0.1) is 5.92 Å². The van der Waals surface area contributed by atoms with E-state index in [1.165, 1.54) is 51.4 Å². The molecule has 2 rings (SSSR count). The highest BCUT2D eigenvalue weighted by molar-refractivity contribution is 4.95. The molecule has 2 nitrogen and oxygen atoms in total. The summed E-state index contributed by atoms with van der Waals surface area (Å²) in [4.78, 5) is 0. The molecule has 2 atom stereocenters. The van der Waals surface area contributed by atoms with Crippen LogP contribution in [0.2, 0.25) is 0 Å². The van der Waals surface area contributed by atoms with Crippen LogP contribution in [0.3, 0.4) is 0 Å². The van der Waals surface area contributed by atoms with Crippen LogP contribution in [0.4, 0.5) is 0 Å². The van der Waals surface area contributed by atoms with E-state index in [1.54, 1.807) is 0 Å². The molecule has 0 aromatic carbocycles. The Morgan fingerprint density at radius 2 is 1.93 bits per heavy atom. The van der Waals surface area contributed by atoms with E-state index in [1.807, 2.05) is 0 Å². The van der Waals surface area contributed by atoms with Crippen LogP contribution in [-0.4, -0.2) is 18.1 Å². The fraction of sp³-hybridized carbons (Fsp3) is 1.00. The van der Waals surface area contributed by atoms with Crippen LogP contribution in [0.15, 0.2) is 0 Å². The van der Waals surface area contributed by atoms with Crippen molar-refractivity contribution in [3.8, 4) is 0 Å². The van der Waals surface area contributed by atoms with Crippen LogP contribution in [0.1, 0.15) is 58.3 Å². The van der Waals surface area contributed by atoms with E-state index < -0.39 is 0 Å². The molecule has 2 saturated carbocycles. The first kappa shape index (κ1) is 11.4. The molecule has 2 unspecified atom stereocenters. The molecule has 0 bridgehead atoms. The van der Waals surface area contributed by atoms with Gasteiger partial charge >= 0.3 is 0 Å². The maximum Gasteiger partial charge on any atom is 0.0306 e. The van der Waals surface area contributed by atoms with Gasteiger partial charge < -0.3 is 11.1 Å². The van der Waals surface area contributed by atoms with E-state index in [-0.39, 0.29) is 0 Å². The molecule has 0 amide bonds. The summed E-state index contributed by atoms with van der Waals surface area (Å²) >= 11 is 0. The Labute approximate surface area is 94.0 Å². The van der Waals surface area contributed by atoms with Crippen LogP contribution in [0.5, 0.6) is 0 Å². The molecule has 2 aliphatic rings. The lowest BCUT2D eigenvalue weighted by Gasteiger charge is -2.39. The van der Waals surface area contributed by atoms with Gasteiger partial charge in [0.05, 0.1) is 0 Å². The van der Waals surface area contributed by atoms with Gasteiger partial charge in [0.1, 0.15) is 0 Å². The number of hydrogen-bond acceptors (Lipinski definition) is 2. The predicted molar refractivity (Wildman–Crippen MR) is 64.8 cm³/mol.